The summed E-state index contributed by atoms with van der Waals surface area (Å²) in [5.74, 6) is -1.07. The van der Waals surface area contributed by atoms with Crippen molar-refractivity contribution in [1.29, 1.82) is 0 Å². The molecule has 1 aromatic rings. The molecule has 0 spiro atoms. The van der Waals surface area contributed by atoms with Crippen LogP contribution < -0.4 is 5.73 Å². The van der Waals surface area contributed by atoms with Crippen LogP contribution in [0.2, 0.25) is 0 Å². The minimum Gasteiger partial charge on any atom is -0.504 e. The van der Waals surface area contributed by atoms with Crippen LogP contribution in [0.1, 0.15) is 0 Å². The van der Waals surface area contributed by atoms with Crippen LogP contribution in [0.5, 0.6) is 5.75 Å². The second-order valence-electron chi connectivity index (χ2n) is 1.54. The molecule has 0 radical (unpaired) electrons. The average molecular weight is 128 g/mol. The molecule has 0 aliphatic rings. The first-order valence-corrected chi connectivity index (χ1v) is 2.31. The summed E-state index contributed by atoms with van der Waals surface area (Å²) in [4.78, 5) is 3.13. The van der Waals surface area contributed by atoms with Crippen molar-refractivity contribution >= 4 is 5.82 Å². The van der Waals surface area contributed by atoms with Gasteiger partial charge in [0.25, 0.3) is 0 Å². The van der Waals surface area contributed by atoms with Gasteiger partial charge in [0.15, 0.2) is 11.6 Å². The number of nitrogen functional groups attached to an aromatic ring is 1. The Morgan fingerprint density at radius 1 is 1.56 bits per heavy atom. The number of aromatic hydroxyl groups is 1. The van der Waals surface area contributed by atoms with E-state index in [4.69, 9.17) is 10.8 Å². The van der Waals surface area contributed by atoms with Crippen LogP contribution in [0.25, 0.3) is 0 Å². The van der Waals surface area contributed by atoms with Crippen LogP contribution in [0.3, 0.4) is 0 Å². The molecule has 1 rings (SSSR count). The van der Waals surface area contributed by atoms with Crippen molar-refractivity contribution in [2.75, 3.05) is 5.73 Å². The lowest BCUT2D eigenvalue weighted by Crippen LogP contribution is -1.91. The molecular weight excluding hydrogens is 123 g/mol. The minimum absolute atomic E-state index is 0.185. The molecule has 3 nitrogen and oxygen atoms in total. The molecule has 0 saturated heterocycles. The standard InChI is InChI=1S/C5H5FN2O/c6-4-2-1-3(9)5(7)8-4/h1-2,9H,(H2,7,8). The van der Waals surface area contributed by atoms with E-state index in [1.807, 2.05) is 0 Å². The highest BCUT2D eigenvalue weighted by molar-refractivity contribution is 5.43. The van der Waals surface area contributed by atoms with Gasteiger partial charge in [-0.25, -0.2) is 0 Å². The van der Waals surface area contributed by atoms with Crippen molar-refractivity contribution in [1.82, 2.24) is 4.98 Å². The molecule has 3 N–H and O–H groups in total. The summed E-state index contributed by atoms with van der Waals surface area (Å²) in [6.45, 7) is 0. The van der Waals surface area contributed by atoms with Gasteiger partial charge in [-0.1, -0.05) is 0 Å². The molecule has 4 heteroatoms. The van der Waals surface area contributed by atoms with Gasteiger partial charge in [0.2, 0.25) is 5.95 Å². The number of anilines is 1. The van der Waals surface area contributed by atoms with Gasteiger partial charge in [0.1, 0.15) is 0 Å². The molecule has 0 atom stereocenters. The highest BCUT2D eigenvalue weighted by atomic mass is 19.1. The third-order valence-electron chi connectivity index (χ3n) is 0.868. The Balaban J connectivity index is 3.17. The van der Waals surface area contributed by atoms with E-state index >= 15 is 0 Å². The lowest BCUT2D eigenvalue weighted by Gasteiger charge is -1.93. The van der Waals surface area contributed by atoms with E-state index in [2.05, 4.69) is 4.98 Å². The molecule has 0 unspecified atom stereocenters. The van der Waals surface area contributed by atoms with E-state index in [1.54, 1.807) is 0 Å². The predicted octanol–water partition coefficient (Wildman–Crippen LogP) is 0.508. The number of hydrogen-bond acceptors (Lipinski definition) is 3. The summed E-state index contributed by atoms with van der Waals surface area (Å²) >= 11 is 0. The minimum atomic E-state index is -0.690. The Morgan fingerprint density at radius 2 is 2.22 bits per heavy atom. The molecule has 0 aliphatic heterocycles. The number of nitrogens with two attached hydrogens (primary N) is 1. The van der Waals surface area contributed by atoms with Gasteiger partial charge in [-0.3, -0.25) is 0 Å². The molecule has 1 heterocycles. The zero-order chi connectivity index (χ0) is 6.85. The summed E-state index contributed by atoms with van der Waals surface area (Å²) in [7, 11) is 0. The van der Waals surface area contributed by atoms with Gasteiger partial charge in [-0.05, 0) is 12.1 Å². The average Bonchev–Trinajstić information content (AvgIpc) is 1.80. The zero-order valence-corrected chi connectivity index (χ0v) is 4.50. The topological polar surface area (TPSA) is 59.1 Å². The summed E-state index contributed by atoms with van der Waals surface area (Å²) in [6.07, 6.45) is 0. The fourth-order valence-corrected chi connectivity index (χ4v) is 0.443. The largest absolute Gasteiger partial charge is 0.504 e. The predicted molar refractivity (Wildman–Crippen MR) is 30.3 cm³/mol. The summed E-state index contributed by atoms with van der Waals surface area (Å²) < 4.78 is 12.0. The monoisotopic (exact) mass is 128 g/mol. The Bertz CT molecular complexity index is 226. The van der Waals surface area contributed by atoms with Crippen LogP contribution >= 0.6 is 0 Å². The van der Waals surface area contributed by atoms with Crippen LogP contribution in [-0.4, -0.2) is 10.1 Å². The van der Waals surface area contributed by atoms with Crippen LogP contribution in [0, 0.1) is 5.95 Å². The number of pyridine rings is 1. The van der Waals surface area contributed by atoms with Gasteiger partial charge in [-0.2, -0.15) is 9.37 Å². The lowest BCUT2D eigenvalue weighted by molar-refractivity contribution is 0.470. The molecule has 0 saturated carbocycles. The maximum absolute atomic E-state index is 12.0. The van der Waals surface area contributed by atoms with Crippen molar-refractivity contribution in [2.24, 2.45) is 0 Å². The highest BCUT2D eigenvalue weighted by Crippen LogP contribution is 2.14. The number of halogens is 1. The summed E-state index contributed by atoms with van der Waals surface area (Å²) in [5.41, 5.74) is 5.02. The number of rotatable bonds is 0. The molecule has 0 amide bonds. The molecule has 48 valence electrons. The third-order valence-corrected chi connectivity index (χ3v) is 0.868. The van der Waals surface area contributed by atoms with Crippen molar-refractivity contribution in [3.05, 3.63) is 18.1 Å². The number of hydrogen-bond donors (Lipinski definition) is 2. The first kappa shape index (κ1) is 5.81. The molecule has 1 aromatic heterocycles. The third kappa shape index (κ3) is 1.07. The molecule has 9 heavy (non-hydrogen) atoms. The Morgan fingerprint density at radius 3 is 2.67 bits per heavy atom. The number of aromatic nitrogens is 1. The van der Waals surface area contributed by atoms with Crippen molar-refractivity contribution in [2.45, 2.75) is 0 Å². The van der Waals surface area contributed by atoms with Crippen molar-refractivity contribution < 1.29 is 9.50 Å². The van der Waals surface area contributed by atoms with E-state index in [9.17, 15) is 4.39 Å². The van der Waals surface area contributed by atoms with Gasteiger partial charge in [-0.15, -0.1) is 0 Å². The fourth-order valence-electron chi connectivity index (χ4n) is 0.443. The van der Waals surface area contributed by atoms with Gasteiger partial charge in [0.05, 0.1) is 0 Å². The normalized spacial score (nSPS) is 9.44. The molecule has 0 bridgehead atoms. The molecule has 0 aliphatic carbocycles. The quantitative estimate of drug-likeness (QED) is 0.500. The second kappa shape index (κ2) is 1.89. The Kier molecular flexibility index (Phi) is 1.22. The SMILES string of the molecule is Nc1nc(F)ccc1O. The summed E-state index contributed by atoms with van der Waals surface area (Å²) in [5, 5.41) is 8.69. The Labute approximate surface area is 51.0 Å². The van der Waals surface area contributed by atoms with E-state index in [1.165, 1.54) is 0 Å². The Hall–Kier alpha value is -1.32. The summed E-state index contributed by atoms with van der Waals surface area (Å²) in [6, 6.07) is 2.18. The maximum atomic E-state index is 12.0. The second-order valence-corrected chi connectivity index (χ2v) is 1.54. The first-order valence-electron chi connectivity index (χ1n) is 2.31. The fraction of sp³-hybridized carbons (Fsp3) is 0. The van der Waals surface area contributed by atoms with E-state index in [-0.39, 0.29) is 11.6 Å². The van der Waals surface area contributed by atoms with E-state index < -0.39 is 5.95 Å². The zero-order valence-electron chi connectivity index (χ0n) is 4.50. The van der Waals surface area contributed by atoms with Crippen molar-refractivity contribution in [3.8, 4) is 5.75 Å². The van der Waals surface area contributed by atoms with Gasteiger partial charge in [0, 0.05) is 0 Å². The number of nitrogens with zero attached hydrogens (tertiary/aromatic N) is 1. The van der Waals surface area contributed by atoms with Gasteiger partial charge < -0.3 is 10.8 Å². The molecule has 0 fully saturated rings. The van der Waals surface area contributed by atoms with Crippen LogP contribution in [0.4, 0.5) is 10.2 Å². The lowest BCUT2D eigenvalue weighted by atomic mass is 10.4. The van der Waals surface area contributed by atoms with E-state index in [0.717, 1.165) is 12.1 Å². The molecule has 0 aromatic carbocycles. The smallest absolute Gasteiger partial charge is 0.215 e. The molecular formula is C5H5FN2O. The highest BCUT2D eigenvalue weighted by Gasteiger charge is 1.96. The van der Waals surface area contributed by atoms with E-state index in [0.29, 0.717) is 0 Å². The maximum Gasteiger partial charge on any atom is 0.215 e. The van der Waals surface area contributed by atoms with Gasteiger partial charge >= 0.3 is 0 Å². The van der Waals surface area contributed by atoms with Crippen LogP contribution in [0.15, 0.2) is 12.1 Å². The van der Waals surface area contributed by atoms with Crippen molar-refractivity contribution in [3.63, 3.8) is 0 Å². The first-order chi connectivity index (χ1) is 4.20. The van der Waals surface area contributed by atoms with Crippen LogP contribution in [-0.2, 0) is 0 Å².